The Morgan fingerprint density at radius 1 is 1.00 bits per heavy atom. The zero-order chi connectivity index (χ0) is 17.9. The van der Waals surface area contributed by atoms with Crippen LogP contribution in [0, 0.1) is 10.8 Å². The highest BCUT2D eigenvalue weighted by atomic mass is 16.5. The maximum absolute atomic E-state index is 5.97. The van der Waals surface area contributed by atoms with Gasteiger partial charge in [0, 0.05) is 12.0 Å². The molecule has 1 aliphatic heterocycles. The summed E-state index contributed by atoms with van der Waals surface area (Å²) in [6.07, 6.45) is 13.5. The summed E-state index contributed by atoms with van der Waals surface area (Å²) in [4.78, 5) is 4.88. The molecule has 3 rings (SSSR count). The predicted octanol–water partition coefficient (Wildman–Crippen LogP) is 3.65. The lowest BCUT2D eigenvalue weighted by Crippen LogP contribution is -2.38. The summed E-state index contributed by atoms with van der Waals surface area (Å²) in [7, 11) is 7.99. The lowest BCUT2D eigenvalue weighted by atomic mass is 9.65. The van der Waals surface area contributed by atoms with Crippen molar-refractivity contribution < 1.29 is 9.47 Å². The molecule has 0 atom stereocenters. The SMILES string of the molecule is COC1=CC2(C=C(OC)C13CCCCC3)CCN(CCCN(C)C)C2. The van der Waals surface area contributed by atoms with E-state index >= 15 is 0 Å². The molecule has 1 saturated carbocycles. The molecule has 4 nitrogen and oxygen atoms in total. The van der Waals surface area contributed by atoms with E-state index in [0.717, 1.165) is 25.9 Å². The average molecular weight is 349 g/mol. The fourth-order valence-electron chi connectivity index (χ4n) is 5.10. The quantitative estimate of drug-likeness (QED) is 0.731. The van der Waals surface area contributed by atoms with E-state index in [-0.39, 0.29) is 10.8 Å². The van der Waals surface area contributed by atoms with Crippen molar-refractivity contribution in [1.29, 1.82) is 0 Å². The van der Waals surface area contributed by atoms with Gasteiger partial charge in [-0.2, -0.15) is 0 Å². The van der Waals surface area contributed by atoms with Crippen LogP contribution in [0.2, 0.25) is 0 Å². The lowest BCUT2D eigenvalue weighted by Gasteiger charge is -2.44. The van der Waals surface area contributed by atoms with E-state index in [9.17, 15) is 0 Å². The molecule has 3 aliphatic rings. The number of nitrogens with zero attached hydrogens (tertiary/aromatic N) is 2. The molecule has 1 heterocycles. The van der Waals surface area contributed by atoms with E-state index in [2.05, 4.69) is 36.0 Å². The number of rotatable bonds is 6. The molecule has 1 saturated heterocycles. The Hall–Kier alpha value is -1.00. The molecular weight excluding hydrogens is 312 g/mol. The zero-order valence-electron chi connectivity index (χ0n) is 16.6. The number of hydrogen-bond donors (Lipinski definition) is 0. The van der Waals surface area contributed by atoms with Gasteiger partial charge in [-0.1, -0.05) is 19.3 Å². The molecule has 4 heteroatoms. The van der Waals surface area contributed by atoms with E-state index in [4.69, 9.17) is 9.47 Å². The normalized spacial score (nSPS) is 25.3. The van der Waals surface area contributed by atoms with Crippen LogP contribution in [0.1, 0.15) is 44.9 Å². The maximum atomic E-state index is 5.97. The van der Waals surface area contributed by atoms with Crippen LogP contribution in [0.3, 0.4) is 0 Å². The van der Waals surface area contributed by atoms with Gasteiger partial charge >= 0.3 is 0 Å². The third-order valence-electron chi connectivity index (χ3n) is 6.42. The van der Waals surface area contributed by atoms with Crippen molar-refractivity contribution in [2.45, 2.75) is 44.9 Å². The molecular formula is C21H36N2O2. The monoisotopic (exact) mass is 348 g/mol. The summed E-state index contributed by atoms with van der Waals surface area (Å²) in [5.41, 5.74) is 0.100. The number of ether oxygens (including phenoxy) is 2. The highest BCUT2D eigenvalue weighted by Gasteiger charge is 2.49. The molecule has 0 aromatic carbocycles. The Morgan fingerprint density at radius 2 is 1.64 bits per heavy atom. The highest BCUT2D eigenvalue weighted by Crippen LogP contribution is 2.54. The molecule has 0 unspecified atom stereocenters. The van der Waals surface area contributed by atoms with Gasteiger partial charge < -0.3 is 19.3 Å². The van der Waals surface area contributed by atoms with Crippen LogP contribution in [-0.4, -0.2) is 64.3 Å². The number of hydrogen-bond acceptors (Lipinski definition) is 4. The topological polar surface area (TPSA) is 24.9 Å². The van der Waals surface area contributed by atoms with Crippen molar-refractivity contribution in [2.24, 2.45) is 10.8 Å². The van der Waals surface area contributed by atoms with Gasteiger partial charge in [-0.25, -0.2) is 0 Å². The number of likely N-dealkylation sites (tertiary alicyclic amines) is 1. The summed E-state index contributed by atoms with van der Waals surface area (Å²) >= 11 is 0. The third-order valence-corrected chi connectivity index (χ3v) is 6.42. The Kier molecular flexibility index (Phi) is 5.79. The fourth-order valence-corrected chi connectivity index (χ4v) is 5.10. The van der Waals surface area contributed by atoms with Crippen LogP contribution in [0.4, 0.5) is 0 Å². The van der Waals surface area contributed by atoms with Crippen molar-refractivity contribution in [3.8, 4) is 0 Å². The van der Waals surface area contributed by atoms with Crippen molar-refractivity contribution in [2.75, 3.05) is 54.5 Å². The lowest BCUT2D eigenvalue weighted by molar-refractivity contribution is 0.0793. The predicted molar refractivity (Wildman–Crippen MR) is 102 cm³/mol. The van der Waals surface area contributed by atoms with Crippen molar-refractivity contribution in [3.63, 3.8) is 0 Å². The third kappa shape index (κ3) is 3.75. The van der Waals surface area contributed by atoms with Crippen molar-refractivity contribution >= 4 is 0 Å². The van der Waals surface area contributed by atoms with Crippen LogP contribution >= 0.6 is 0 Å². The molecule has 0 amide bonds. The highest BCUT2D eigenvalue weighted by molar-refractivity contribution is 5.35. The van der Waals surface area contributed by atoms with E-state index < -0.39 is 0 Å². The number of methoxy groups -OCH3 is 2. The van der Waals surface area contributed by atoms with E-state index in [1.54, 1.807) is 0 Å². The molecule has 2 aliphatic carbocycles. The first-order chi connectivity index (χ1) is 12.0. The molecule has 25 heavy (non-hydrogen) atoms. The second kappa shape index (κ2) is 7.71. The van der Waals surface area contributed by atoms with Gasteiger partial charge in [0.25, 0.3) is 0 Å². The van der Waals surface area contributed by atoms with Gasteiger partial charge in [0.2, 0.25) is 0 Å². The first-order valence-electron chi connectivity index (χ1n) is 9.95. The molecule has 0 radical (unpaired) electrons. The minimum absolute atomic E-state index is 0.00530. The summed E-state index contributed by atoms with van der Waals surface area (Å²) in [5.74, 6) is 2.34. The van der Waals surface area contributed by atoms with Gasteiger partial charge in [0.15, 0.2) is 0 Å². The summed E-state index contributed by atoms with van der Waals surface area (Å²) in [6, 6.07) is 0. The molecule has 2 spiro atoms. The van der Waals surface area contributed by atoms with Crippen LogP contribution in [0.15, 0.2) is 23.7 Å². The summed E-state index contributed by atoms with van der Waals surface area (Å²) in [6.45, 7) is 4.60. The van der Waals surface area contributed by atoms with Crippen molar-refractivity contribution in [1.82, 2.24) is 9.80 Å². The molecule has 0 aromatic rings. The average Bonchev–Trinajstić information content (AvgIpc) is 3.00. The Morgan fingerprint density at radius 3 is 2.20 bits per heavy atom. The molecule has 142 valence electrons. The second-order valence-electron chi connectivity index (χ2n) is 8.48. The Balaban J connectivity index is 1.76. The van der Waals surface area contributed by atoms with Gasteiger partial charge in [-0.15, -0.1) is 0 Å². The van der Waals surface area contributed by atoms with E-state index in [1.165, 1.54) is 56.7 Å². The standard InChI is InChI=1S/C21H36N2O2/c1-22(2)12-8-13-23-14-11-20(17-23)15-18(24-3)21(19(16-20)25-4)9-6-5-7-10-21/h15-16H,5-14,17H2,1-4H3. The van der Waals surface area contributed by atoms with Crippen molar-refractivity contribution in [3.05, 3.63) is 23.7 Å². The van der Waals surface area contributed by atoms with E-state index in [0.29, 0.717) is 0 Å². The zero-order valence-corrected chi connectivity index (χ0v) is 16.6. The molecule has 2 fully saturated rings. The Labute approximate surface area is 153 Å². The van der Waals surface area contributed by atoms with Gasteiger partial charge in [-0.3, -0.25) is 0 Å². The first-order valence-corrected chi connectivity index (χ1v) is 9.95. The fraction of sp³-hybridized carbons (Fsp3) is 0.810. The minimum atomic E-state index is 0.00530. The first kappa shape index (κ1) is 18.8. The van der Waals surface area contributed by atoms with Crippen LogP contribution in [0.5, 0.6) is 0 Å². The Bertz CT molecular complexity index is 494. The van der Waals surface area contributed by atoms with Gasteiger partial charge in [0.05, 0.1) is 19.6 Å². The van der Waals surface area contributed by atoms with Gasteiger partial charge in [-0.05, 0) is 71.6 Å². The summed E-state index contributed by atoms with van der Waals surface area (Å²) < 4.78 is 11.9. The second-order valence-corrected chi connectivity index (χ2v) is 8.48. The van der Waals surface area contributed by atoms with E-state index in [1.807, 2.05) is 14.2 Å². The van der Waals surface area contributed by atoms with Gasteiger partial charge in [0.1, 0.15) is 11.5 Å². The smallest absolute Gasteiger partial charge is 0.106 e. The largest absolute Gasteiger partial charge is 0.500 e. The van der Waals surface area contributed by atoms with Crippen LogP contribution in [0.25, 0.3) is 0 Å². The summed E-state index contributed by atoms with van der Waals surface area (Å²) in [5, 5.41) is 0. The molecule has 0 aromatic heterocycles. The van der Waals surface area contributed by atoms with Crippen LogP contribution < -0.4 is 0 Å². The molecule has 0 bridgehead atoms. The van der Waals surface area contributed by atoms with Crippen LogP contribution in [-0.2, 0) is 9.47 Å². The minimum Gasteiger partial charge on any atom is -0.500 e. The molecule has 0 N–H and O–H groups in total. The maximum Gasteiger partial charge on any atom is 0.106 e.